The van der Waals surface area contributed by atoms with Crippen LogP contribution in [0.3, 0.4) is 0 Å². The number of rotatable bonds is 0. The van der Waals surface area contributed by atoms with E-state index in [1.807, 2.05) is 0 Å². The van der Waals surface area contributed by atoms with Gasteiger partial charge in [-0.25, -0.2) is 4.57 Å². The molecule has 0 spiro atoms. The summed E-state index contributed by atoms with van der Waals surface area (Å²) in [6.45, 7) is 0. The first-order chi connectivity index (χ1) is 2.00. The molecule has 0 aromatic heterocycles. The van der Waals surface area contributed by atoms with E-state index >= 15 is 0 Å². The second kappa shape index (κ2) is 10.2. The summed E-state index contributed by atoms with van der Waals surface area (Å²) in [5.74, 6) is 0. The Labute approximate surface area is 130 Å². The van der Waals surface area contributed by atoms with Crippen LogP contribution in [0.15, 0.2) is 0 Å². The second-order valence-corrected chi connectivity index (χ2v) is 1.54. The first kappa shape index (κ1) is 22.5. The van der Waals surface area contributed by atoms with Gasteiger partial charge in [-0.3, -0.25) is 0 Å². The summed E-state index contributed by atoms with van der Waals surface area (Å²) in [7, 11) is -4.64. The third-order valence-electron chi connectivity index (χ3n) is 0. The summed E-state index contributed by atoms with van der Waals surface area (Å²) in [6, 6.07) is 0. The molecule has 0 aliphatic heterocycles. The molecule has 0 unspecified atom stereocenters. The van der Waals surface area contributed by atoms with E-state index < -0.39 is 7.82 Å². The van der Waals surface area contributed by atoms with Gasteiger partial charge in [0.2, 0.25) is 0 Å². The quantitative estimate of drug-likeness (QED) is 0.368. The molecule has 0 amide bonds. The van der Waals surface area contributed by atoms with Crippen LogP contribution in [0.25, 0.3) is 0 Å². The first-order valence-corrected chi connectivity index (χ1v) is 2.35. The molecule has 4 radical (unpaired) electrons. The Morgan fingerprint density at radius 2 is 1.25 bits per heavy atom. The average molecular weight is 350 g/mol. The van der Waals surface area contributed by atoms with Crippen molar-refractivity contribution in [1.82, 2.24) is 0 Å². The van der Waals surface area contributed by atoms with Crippen LogP contribution in [-0.2, 0) is 4.57 Å². The maximum atomic E-state index is 8.88. The summed E-state index contributed by atoms with van der Waals surface area (Å²) < 4.78 is 8.88. The smallest absolute Gasteiger partial charge is 1.00 e. The van der Waals surface area contributed by atoms with Gasteiger partial charge in [0, 0.05) is 57.8 Å². The molecule has 8 heteroatoms. The predicted molar refractivity (Wildman–Crippen MR) is 28.0 cm³/mol. The van der Waals surface area contributed by atoms with Gasteiger partial charge in [-0.15, -0.1) is 0 Å². The molecule has 8 heavy (non-hydrogen) atoms. The molecule has 4 nitrogen and oxygen atoms in total. The third kappa shape index (κ3) is 59.8. The van der Waals surface area contributed by atoms with Crippen LogP contribution < -0.4 is 0 Å². The standard InChI is InChI=1S/B.Eu.H3O4P.Sr.2H/c;;1-5(2,3)4;;;/h;;(H3,1,2,3,4);;;/q;;;+2;2*-1. The van der Waals surface area contributed by atoms with E-state index in [2.05, 4.69) is 0 Å². The fraction of sp³-hybridized carbons (Fsp3) is 0. The van der Waals surface area contributed by atoms with Gasteiger partial charge in [-0.05, 0) is 0 Å². The molecule has 0 fully saturated rings. The van der Waals surface area contributed by atoms with E-state index in [1.54, 1.807) is 0 Å². The van der Waals surface area contributed by atoms with Crippen LogP contribution in [0.1, 0.15) is 2.85 Å². The minimum absolute atomic E-state index is 0. The normalized spacial score (nSPS) is 7.38. The van der Waals surface area contributed by atoms with Crippen LogP contribution in [0.4, 0.5) is 0 Å². The second-order valence-electron chi connectivity index (χ2n) is 0.513. The Kier molecular flexibility index (Phi) is 28.8. The van der Waals surface area contributed by atoms with Crippen molar-refractivity contribution in [2.24, 2.45) is 0 Å². The molecule has 46 valence electrons. The fourth-order valence-corrected chi connectivity index (χ4v) is 0. The van der Waals surface area contributed by atoms with Crippen molar-refractivity contribution in [3.05, 3.63) is 0 Å². The van der Waals surface area contributed by atoms with E-state index in [1.165, 1.54) is 0 Å². The van der Waals surface area contributed by atoms with Gasteiger partial charge in [0.25, 0.3) is 0 Å². The van der Waals surface area contributed by atoms with E-state index in [0.29, 0.717) is 0 Å². The largest absolute Gasteiger partial charge is 2.00 e. The number of hydrogen-bond donors (Lipinski definition) is 3. The molecule has 0 bridgehead atoms. The summed E-state index contributed by atoms with van der Waals surface area (Å²) in [5, 5.41) is 0. The molecular formula is H5BEuO4PSr. The Morgan fingerprint density at radius 3 is 1.25 bits per heavy atom. The molecule has 0 rings (SSSR count). The zero-order chi connectivity index (χ0) is 4.50. The Morgan fingerprint density at radius 1 is 1.25 bits per heavy atom. The Bertz CT molecular complexity index is 69.4. The fourth-order valence-electron chi connectivity index (χ4n) is 0. The van der Waals surface area contributed by atoms with Crippen molar-refractivity contribution < 1.29 is 71.5 Å². The van der Waals surface area contributed by atoms with Crippen molar-refractivity contribution in [2.45, 2.75) is 0 Å². The van der Waals surface area contributed by atoms with E-state index in [9.17, 15) is 0 Å². The predicted octanol–water partition coefficient (Wildman–Crippen LogP) is -1.47. The van der Waals surface area contributed by atoms with Crippen molar-refractivity contribution >= 4 is 61.7 Å². The zero-order valence-electron chi connectivity index (χ0n) is 5.86. The minimum atomic E-state index is -4.64. The minimum Gasteiger partial charge on any atom is -1.00 e. The number of phosphoric acid groups is 1. The average Bonchev–Trinajstić information content (AvgIpc) is 0.722. The molecule has 0 saturated heterocycles. The molecule has 0 aliphatic carbocycles. The van der Waals surface area contributed by atoms with Gasteiger partial charge < -0.3 is 17.5 Å². The zero-order valence-corrected chi connectivity index (χ0v) is 10.7. The van der Waals surface area contributed by atoms with Gasteiger partial charge >= 0.3 is 53.3 Å². The molecule has 0 aromatic rings. The summed E-state index contributed by atoms with van der Waals surface area (Å²) in [4.78, 5) is 21.6. The molecule has 0 saturated carbocycles. The van der Waals surface area contributed by atoms with Crippen LogP contribution in [-0.4, -0.2) is 68.6 Å². The van der Waals surface area contributed by atoms with Gasteiger partial charge in [0.15, 0.2) is 0 Å². The maximum Gasteiger partial charge on any atom is 2.00 e. The number of hydrogen-bond acceptors (Lipinski definition) is 1. The van der Waals surface area contributed by atoms with Crippen molar-refractivity contribution in [3.8, 4) is 0 Å². The van der Waals surface area contributed by atoms with Crippen molar-refractivity contribution in [3.63, 3.8) is 0 Å². The van der Waals surface area contributed by atoms with Gasteiger partial charge in [-0.1, -0.05) is 0 Å². The van der Waals surface area contributed by atoms with E-state index in [0.717, 1.165) is 0 Å². The SMILES string of the molecule is O=P(O)(O)O.[B].[Eu].[H-].[H-].[Sr+2]. The maximum absolute atomic E-state index is 8.88. The van der Waals surface area contributed by atoms with Crippen LogP contribution >= 0.6 is 7.82 Å². The third-order valence-corrected chi connectivity index (χ3v) is 0. The summed E-state index contributed by atoms with van der Waals surface area (Å²) in [6.07, 6.45) is 0. The Hall–Kier alpha value is 3.24. The van der Waals surface area contributed by atoms with Crippen molar-refractivity contribution in [1.29, 1.82) is 0 Å². The summed E-state index contributed by atoms with van der Waals surface area (Å²) in [5.41, 5.74) is 0. The van der Waals surface area contributed by atoms with E-state index in [4.69, 9.17) is 19.2 Å². The van der Waals surface area contributed by atoms with Crippen LogP contribution in [0, 0.1) is 49.4 Å². The molecular weight excluding hydrogens is 345 g/mol. The molecule has 0 atom stereocenters. The first-order valence-electron chi connectivity index (χ1n) is 0.783. The molecule has 3 N–H and O–H groups in total. The molecule has 0 heterocycles. The van der Waals surface area contributed by atoms with Crippen LogP contribution in [0.2, 0.25) is 0 Å². The van der Waals surface area contributed by atoms with Crippen molar-refractivity contribution in [2.75, 3.05) is 0 Å². The molecule has 0 aromatic carbocycles. The van der Waals surface area contributed by atoms with Gasteiger partial charge in [0.1, 0.15) is 0 Å². The molecule has 0 aliphatic rings. The topological polar surface area (TPSA) is 77.8 Å². The summed E-state index contributed by atoms with van der Waals surface area (Å²) >= 11 is 0. The monoisotopic (exact) mass is 352 g/mol. The van der Waals surface area contributed by atoms with Gasteiger partial charge in [-0.2, -0.15) is 0 Å². The van der Waals surface area contributed by atoms with E-state index in [-0.39, 0.29) is 106 Å². The Balaban J connectivity index is -0.00000000800. The van der Waals surface area contributed by atoms with Crippen LogP contribution in [0.5, 0.6) is 0 Å². The van der Waals surface area contributed by atoms with Gasteiger partial charge in [0.05, 0.1) is 0 Å².